The molecule has 3 aromatic rings. The number of hydrogen-bond acceptors (Lipinski definition) is 4. The quantitative estimate of drug-likeness (QED) is 0.663. The molecular weight excluding hydrogens is 240 g/mol. The second-order valence-corrected chi connectivity index (χ2v) is 5.44. The Morgan fingerprint density at radius 3 is 2.84 bits per heavy atom. The molecule has 0 spiro atoms. The molecule has 0 unspecified atom stereocenters. The average molecular weight is 256 g/mol. The van der Waals surface area contributed by atoms with Crippen LogP contribution in [-0.4, -0.2) is 31.1 Å². The Morgan fingerprint density at radius 2 is 2.16 bits per heavy atom. The van der Waals surface area contributed by atoms with Gasteiger partial charge in [-0.15, -0.1) is 10.2 Å². The molecule has 0 aliphatic rings. The number of nitrogens with zero attached hydrogens (tertiary/aromatic N) is 3. The molecule has 0 aliphatic heterocycles. The number of aromatic nitrogens is 5. The minimum Gasteiger partial charge on any atom is -0.361 e. The zero-order valence-electron chi connectivity index (χ0n) is 10.9. The predicted molar refractivity (Wildman–Crippen MR) is 73.4 cm³/mol. The highest BCUT2D eigenvalue weighted by Crippen LogP contribution is 2.30. The molecule has 0 aliphatic carbocycles. The molecular formula is C13H16N6. The molecule has 0 amide bonds. The first-order chi connectivity index (χ1) is 9.04. The SMILES string of the molecule is CC(C)(N)Cc1c[nH]c2cccc(-c3nn[nH]n3)c12. The normalized spacial score (nSPS) is 12.2. The van der Waals surface area contributed by atoms with Crippen molar-refractivity contribution in [2.24, 2.45) is 5.73 Å². The van der Waals surface area contributed by atoms with Crippen molar-refractivity contribution in [3.63, 3.8) is 0 Å². The number of benzene rings is 1. The van der Waals surface area contributed by atoms with Crippen molar-refractivity contribution in [3.05, 3.63) is 30.0 Å². The highest BCUT2D eigenvalue weighted by Gasteiger charge is 2.18. The number of rotatable bonds is 3. The highest BCUT2D eigenvalue weighted by atomic mass is 15.5. The molecule has 0 saturated heterocycles. The van der Waals surface area contributed by atoms with Gasteiger partial charge >= 0.3 is 0 Å². The summed E-state index contributed by atoms with van der Waals surface area (Å²) in [6.07, 6.45) is 2.78. The van der Waals surface area contributed by atoms with Crippen LogP contribution in [0, 0.1) is 0 Å². The van der Waals surface area contributed by atoms with Crippen LogP contribution in [0.2, 0.25) is 0 Å². The number of tetrazole rings is 1. The van der Waals surface area contributed by atoms with Crippen molar-refractivity contribution >= 4 is 10.9 Å². The Bertz CT molecular complexity index is 690. The van der Waals surface area contributed by atoms with Crippen LogP contribution in [0.25, 0.3) is 22.3 Å². The van der Waals surface area contributed by atoms with Crippen LogP contribution in [-0.2, 0) is 6.42 Å². The van der Waals surface area contributed by atoms with E-state index in [0.717, 1.165) is 22.9 Å². The molecule has 19 heavy (non-hydrogen) atoms. The van der Waals surface area contributed by atoms with Crippen LogP contribution in [0.1, 0.15) is 19.4 Å². The lowest BCUT2D eigenvalue weighted by Gasteiger charge is -2.18. The first-order valence-electron chi connectivity index (χ1n) is 6.16. The van der Waals surface area contributed by atoms with Gasteiger partial charge in [0.1, 0.15) is 0 Å². The molecule has 1 aromatic carbocycles. The third-order valence-corrected chi connectivity index (χ3v) is 3.02. The van der Waals surface area contributed by atoms with Crippen molar-refractivity contribution < 1.29 is 0 Å². The minimum atomic E-state index is -0.264. The first-order valence-corrected chi connectivity index (χ1v) is 6.16. The summed E-state index contributed by atoms with van der Waals surface area (Å²) in [5.41, 5.74) is 9.05. The molecule has 6 heteroatoms. The van der Waals surface area contributed by atoms with Crippen molar-refractivity contribution in [2.75, 3.05) is 0 Å². The monoisotopic (exact) mass is 256 g/mol. The van der Waals surface area contributed by atoms with Gasteiger partial charge in [-0.1, -0.05) is 12.1 Å². The zero-order chi connectivity index (χ0) is 13.5. The number of fused-ring (bicyclic) bond motifs is 1. The van der Waals surface area contributed by atoms with Gasteiger partial charge < -0.3 is 10.7 Å². The van der Waals surface area contributed by atoms with Gasteiger partial charge in [-0.3, -0.25) is 0 Å². The maximum atomic E-state index is 6.12. The third kappa shape index (κ3) is 2.22. The average Bonchev–Trinajstić information content (AvgIpc) is 2.96. The Hall–Kier alpha value is -2.21. The number of H-pyrrole nitrogens is 2. The largest absolute Gasteiger partial charge is 0.361 e. The van der Waals surface area contributed by atoms with Gasteiger partial charge in [-0.05, 0) is 37.1 Å². The molecule has 0 saturated carbocycles. The van der Waals surface area contributed by atoms with Gasteiger partial charge in [0, 0.05) is 28.2 Å². The Balaban J connectivity index is 2.20. The van der Waals surface area contributed by atoms with Crippen LogP contribution < -0.4 is 5.73 Å². The van der Waals surface area contributed by atoms with E-state index in [9.17, 15) is 0 Å². The molecule has 2 aromatic heterocycles. The first kappa shape index (κ1) is 11.9. The van der Waals surface area contributed by atoms with E-state index in [0.29, 0.717) is 5.82 Å². The van der Waals surface area contributed by atoms with Crippen LogP contribution in [0.4, 0.5) is 0 Å². The molecule has 2 heterocycles. The van der Waals surface area contributed by atoms with Gasteiger partial charge in [0.25, 0.3) is 0 Å². The van der Waals surface area contributed by atoms with Crippen molar-refractivity contribution in [1.82, 2.24) is 25.6 Å². The zero-order valence-corrected chi connectivity index (χ0v) is 10.9. The number of aromatic amines is 2. The van der Waals surface area contributed by atoms with Crippen LogP contribution >= 0.6 is 0 Å². The van der Waals surface area contributed by atoms with E-state index < -0.39 is 0 Å². The lowest BCUT2D eigenvalue weighted by molar-refractivity contribution is 0.518. The van der Waals surface area contributed by atoms with Crippen LogP contribution in [0.5, 0.6) is 0 Å². The molecule has 3 rings (SSSR count). The van der Waals surface area contributed by atoms with Gasteiger partial charge in [0.15, 0.2) is 0 Å². The smallest absolute Gasteiger partial charge is 0.205 e. The fourth-order valence-electron chi connectivity index (χ4n) is 2.35. The van der Waals surface area contributed by atoms with E-state index in [4.69, 9.17) is 5.73 Å². The Labute approximate surface area is 110 Å². The van der Waals surface area contributed by atoms with Gasteiger partial charge in [0.2, 0.25) is 5.82 Å². The summed E-state index contributed by atoms with van der Waals surface area (Å²) in [6, 6.07) is 6.00. The summed E-state index contributed by atoms with van der Waals surface area (Å²) in [7, 11) is 0. The molecule has 0 fully saturated rings. The summed E-state index contributed by atoms with van der Waals surface area (Å²) in [6.45, 7) is 4.03. The maximum absolute atomic E-state index is 6.12. The topological polar surface area (TPSA) is 96.3 Å². The Kier molecular flexibility index (Phi) is 2.60. The maximum Gasteiger partial charge on any atom is 0.205 e. The summed E-state index contributed by atoms with van der Waals surface area (Å²) in [4.78, 5) is 3.27. The lowest BCUT2D eigenvalue weighted by atomic mass is 9.94. The minimum absolute atomic E-state index is 0.264. The summed E-state index contributed by atoms with van der Waals surface area (Å²) in [5, 5.41) is 15.3. The summed E-state index contributed by atoms with van der Waals surface area (Å²) >= 11 is 0. The molecule has 0 radical (unpaired) electrons. The summed E-state index contributed by atoms with van der Waals surface area (Å²) < 4.78 is 0. The van der Waals surface area contributed by atoms with E-state index in [1.54, 1.807) is 0 Å². The molecule has 0 bridgehead atoms. The molecule has 4 N–H and O–H groups in total. The third-order valence-electron chi connectivity index (χ3n) is 3.02. The van der Waals surface area contributed by atoms with Crippen molar-refractivity contribution in [3.8, 4) is 11.4 Å². The second-order valence-electron chi connectivity index (χ2n) is 5.44. The lowest BCUT2D eigenvalue weighted by Crippen LogP contribution is -2.34. The highest BCUT2D eigenvalue weighted by molar-refractivity contribution is 5.96. The van der Waals surface area contributed by atoms with E-state index in [-0.39, 0.29) is 5.54 Å². The number of nitrogens with two attached hydrogens (primary N) is 1. The van der Waals surface area contributed by atoms with E-state index in [1.807, 2.05) is 38.2 Å². The second kappa shape index (κ2) is 4.17. The fourth-order valence-corrected chi connectivity index (χ4v) is 2.35. The molecule has 98 valence electrons. The van der Waals surface area contributed by atoms with Crippen molar-refractivity contribution in [2.45, 2.75) is 25.8 Å². The van der Waals surface area contributed by atoms with E-state index in [2.05, 4.69) is 25.6 Å². The number of nitrogens with one attached hydrogen (secondary N) is 2. The fraction of sp³-hybridized carbons (Fsp3) is 0.308. The van der Waals surface area contributed by atoms with E-state index >= 15 is 0 Å². The predicted octanol–water partition coefficient (Wildman–Crippen LogP) is 1.63. The van der Waals surface area contributed by atoms with Gasteiger partial charge in [-0.2, -0.15) is 5.21 Å². The van der Waals surface area contributed by atoms with E-state index in [1.165, 1.54) is 5.56 Å². The summed E-state index contributed by atoms with van der Waals surface area (Å²) in [5.74, 6) is 0.598. The molecule has 0 atom stereocenters. The van der Waals surface area contributed by atoms with Crippen LogP contribution in [0.3, 0.4) is 0 Å². The molecule has 6 nitrogen and oxygen atoms in total. The number of hydrogen-bond donors (Lipinski definition) is 3. The standard InChI is InChI=1S/C13H16N6/c1-13(2,14)6-8-7-15-10-5-3-4-9(11(8)10)12-16-18-19-17-12/h3-5,7,15H,6,14H2,1-2H3,(H,16,17,18,19). The van der Waals surface area contributed by atoms with Gasteiger partial charge in [0.05, 0.1) is 0 Å². The Morgan fingerprint density at radius 1 is 1.32 bits per heavy atom. The van der Waals surface area contributed by atoms with Crippen molar-refractivity contribution in [1.29, 1.82) is 0 Å². The van der Waals surface area contributed by atoms with Gasteiger partial charge in [-0.25, -0.2) is 0 Å². The van der Waals surface area contributed by atoms with Crippen LogP contribution in [0.15, 0.2) is 24.4 Å².